The van der Waals surface area contributed by atoms with Crippen LogP contribution in [0.1, 0.15) is 44.6 Å². The number of halogens is 1. The number of ether oxygens (including phenoxy) is 1. The van der Waals surface area contributed by atoms with Gasteiger partial charge < -0.3 is 20.3 Å². The van der Waals surface area contributed by atoms with Crippen LogP contribution in [0.3, 0.4) is 0 Å². The molecule has 0 spiro atoms. The normalized spacial score (nSPS) is 17.6. The maximum absolute atomic E-state index is 12.8. The zero-order valence-corrected chi connectivity index (χ0v) is 20.0. The molecule has 1 aromatic carbocycles. The number of amides is 1. The van der Waals surface area contributed by atoms with E-state index in [0.717, 1.165) is 57.2 Å². The molecule has 0 saturated heterocycles. The predicted octanol–water partition coefficient (Wildman–Crippen LogP) is 3.35. The molecule has 0 bridgehead atoms. The molecule has 6 nitrogen and oxygen atoms in total. The van der Waals surface area contributed by atoms with Gasteiger partial charge in [-0.2, -0.15) is 0 Å². The Bertz CT molecular complexity index is 691. The summed E-state index contributed by atoms with van der Waals surface area (Å²) in [7, 11) is 1.76. The summed E-state index contributed by atoms with van der Waals surface area (Å²) in [6.07, 6.45) is 6.85. The van der Waals surface area contributed by atoms with E-state index in [2.05, 4.69) is 21.7 Å². The quantitative estimate of drug-likeness (QED) is 0.318. The first-order valence-corrected chi connectivity index (χ1v) is 10.6. The summed E-state index contributed by atoms with van der Waals surface area (Å²) in [6, 6.07) is 8.19. The number of guanidine groups is 1. The number of methoxy groups -OCH3 is 1. The number of aryl methyl sites for hydroxylation is 1. The van der Waals surface area contributed by atoms with Crippen LogP contribution < -0.4 is 15.5 Å². The van der Waals surface area contributed by atoms with Crippen LogP contribution in [0.5, 0.6) is 0 Å². The van der Waals surface area contributed by atoms with Crippen molar-refractivity contribution in [3.05, 3.63) is 29.8 Å². The van der Waals surface area contributed by atoms with Gasteiger partial charge in [-0.3, -0.25) is 4.79 Å². The summed E-state index contributed by atoms with van der Waals surface area (Å²) >= 11 is 0. The lowest BCUT2D eigenvalue weighted by atomic mass is 9.67. The highest BCUT2D eigenvalue weighted by atomic mass is 127. The Hall–Kier alpha value is -1.35. The third kappa shape index (κ3) is 6.31. The van der Waals surface area contributed by atoms with Crippen molar-refractivity contribution in [3.63, 3.8) is 0 Å². The Morgan fingerprint density at radius 1 is 1.24 bits per heavy atom. The van der Waals surface area contributed by atoms with Gasteiger partial charge in [0.2, 0.25) is 5.91 Å². The predicted molar refractivity (Wildman–Crippen MR) is 129 cm³/mol. The van der Waals surface area contributed by atoms with E-state index < -0.39 is 0 Å². The first-order chi connectivity index (χ1) is 13.7. The summed E-state index contributed by atoms with van der Waals surface area (Å²) in [6.45, 7) is 5.43. The monoisotopic (exact) mass is 514 g/mol. The Balaban J connectivity index is 0.00000300. The number of anilines is 1. The third-order valence-electron chi connectivity index (χ3n) is 6.01. The number of nitrogens with one attached hydrogen (secondary N) is 2. The van der Waals surface area contributed by atoms with E-state index in [9.17, 15) is 4.79 Å². The maximum atomic E-state index is 12.8. The lowest BCUT2D eigenvalue weighted by Crippen LogP contribution is -2.47. The Morgan fingerprint density at radius 3 is 2.72 bits per heavy atom. The topological polar surface area (TPSA) is 66.0 Å². The first kappa shape index (κ1) is 23.9. The molecule has 2 aliphatic rings. The average Bonchev–Trinajstić information content (AvgIpc) is 2.70. The summed E-state index contributed by atoms with van der Waals surface area (Å²) in [5.41, 5.74) is 2.60. The highest BCUT2D eigenvalue weighted by Gasteiger charge is 2.36. The number of rotatable bonds is 8. The van der Waals surface area contributed by atoms with E-state index in [4.69, 9.17) is 4.74 Å². The fourth-order valence-corrected chi connectivity index (χ4v) is 4.15. The van der Waals surface area contributed by atoms with Gasteiger partial charge in [0.05, 0.1) is 0 Å². The van der Waals surface area contributed by atoms with Crippen molar-refractivity contribution in [3.8, 4) is 0 Å². The molecule has 0 aromatic heterocycles. The van der Waals surface area contributed by atoms with Crippen LogP contribution >= 0.6 is 24.0 Å². The molecule has 162 valence electrons. The van der Waals surface area contributed by atoms with Gasteiger partial charge in [-0.15, -0.1) is 24.0 Å². The van der Waals surface area contributed by atoms with E-state index in [1.54, 1.807) is 7.11 Å². The summed E-state index contributed by atoms with van der Waals surface area (Å²) < 4.78 is 5.28. The highest BCUT2D eigenvalue weighted by Crippen LogP contribution is 2.43. The first-order valence-electron chi connectivity index (χ1n) is 10.6. The SMILES string of the molecule is CCNC(=NCC(=O)N1CCCc2ccccc21)NCC1(CCOC)CCC1.I. The molecular weight excluding hydrogens is 479 g/mol. The van der Waals surface area contributed by atoms with Crippen molar-refractivity contribution in [2.75, 3.05) is 44.8 Å². The molecule has 0 radical (unpaired) electrons. The lowest BCUT2D eigenvalue weighted by Gasteiger charge is -2.42. The van der Waals surface area contributed by atoms with Crippen molar-refractivity contribution < 1.29 is 9.53 Å². The van der Waals surface area contributed by atoms with E-state index >= 15 is 0 Å². The zero-order valence-electron chi connectivity index (χ0n) is 17.7. The van der Waals surface area contributed by atoms with Crippen LogP contribution in [0.2, 0.25) is 0 Å². The summed E-state index contributed by atoms with van der Waals surface area (Å²) in [4.78, 5) is 19.3. The van der Waals surface area contributed by atoms with Gasteiger partial charge in [-0.05, 0) is 56.1 Å². The molecule has 0 atom stereocenters. The Kier molecular flexibility index (Phi) is 9.68. The highest BCUT2D eigenvalue weighted by molar-refractivity contribution is 14.0. The minimum Gasteiger partial charge on any atom is -0.385 e. The second-order valence-corrected chi connectivity index (χ2v) is 7.92. The fourth-order valence-electron chi connectivity index (χ4n) is 4.15. The molecular formula is C22H35IN4O2. The van der Waals surface area contributed by atoms with Crippen LogP contribution in [0.15, 0.2) is 29.3 Å². The van der Waals surface area contributed by atoms with Crippen LogP contribution in [-0.2, 0) is 16.0 Å². The molecule has 1 saturated carbocycles. The minimum atomic E-state index is 0. The van der Waals surface area contributed by atoms with Crippen molar-refractivity contribution in [1.29, 1.82) is 0 Å². The third-order valence-corrected chi connectivity index (χ3v) is 6.01. The molecule has 7 heteroatoms. The minimum absolute atomic E-state index is 0. The van der Waals surface area contributed by atoms with Gasteiger partial charge in [-0.25, -0.2) is 4.99 Å². The molecule has 1 heterocycles. The standard InChI is InChI=1S/C22H34N4O2.HI/c1-3-23-21(25-17-22(11-7-12-22)13-15-28-2)24-16-20(27)26-14-6-9-18-8-4-5-10-19(18)26;/h4-5,8,10H,3,6-7,9,11-17H2,1-2H3,(H2,23,24,25);1H. The van der Waals surface area contributed by atoms with E-state index in [-0.39, 0.29) is 36.4 Å². The van der Waals surface area contributed by atoms with Crippen LogP contribution in [-0.4, -0.2) is 51.8 Å². The number of carbonyl (C=O) groups is 1. The van der Waals surface area contributed by atoms with Gasteiger partial charge >= 0.3 is 0 Å². The number of carbonyl (C=O) groups excluding carboxylic acids is 1. The fraction of sp³-hybridized carbons (Fsp3) is 0.636. The van der Waals surface area contributed by atoms with Crippen molar-refractivity contribution >= 4 is 41.5 Å². The number of para-hydroxylation sites is 1. The van der Waals surface area contributed by atoms with Gasteiger partial charge in [-0.1, -0.05) is 24.6 Å². The van der Waals surface area contributed by atoms with E-state index in [0.29, 0.717) is 5.41 Å². The van der Waals surface area contributed by atoms with E-state index in [1.165, 1.54) is 24.8 Å². The Labute approximate surface area is 191 Å². The maximum Gasteiger partial charge on any atom is 0.248 e. The second-order valence-electron chi connectivity index (χ2n) is 7.92. The number of hydrogen-bond donors (Lipinski definition) is 2. The molecule has 29 heavy (non-hydrogen) atoms. The number of aliphatic imine (C=N–C) groups is 1. The molecule has 1 aromatic rings. The largest absolute Gasteiger partial charge is 0.385 e. The molecule has 3 rings (SSSR count). The molecule has 1 aliphatic heterocycles. The molecule has 0 unspecified atom stereocenters. The summed E-state index contributed by atoms with van der Waals surface area (Å²) in [5, 5.41) is 6.74. The second kappa shape index (κ2) is 11.7. The smallest absolute Gasteiger partial charge is 0.248 e. The average molecular weight is 514 g/mol. The van der Waals surface area contributed by atoms with Crippen molar-refractivity contribution in [1.82, 2.24) is 10.6 Å². The number of nitrogens with zero attached hydrogens (tertiary/aromatic N) is 2. The van der Waals surface area contributed by atoms with Gasteiger partial charge in [0.1, 0.15) is 6.54 Å². The molecule has 1 fully saturated rings. The van der Waals surface area contributed by atoms with Crippen LogP contribution in [0.25, 0.3) is 0 Å². The number of hydrogen-bond acceptors (Lipinski definition) is 3. The molecule has 2 N–H and O–H groups in total. The van der Waals surface area contributed by atoms with E-state index in [1.807, 2.05) is 30.0 Å². The molecule has 1 amide bonds. The molecule has 1 aliphatic carbocycles. The van der Waals surface area contributed by atoms with Gasteiger partial charge in [0.15, 0.2) is 5.96 Å². The van der Waals surface area contributed by atoms with Gasteiger partial charge in [0, 0.05) is 39.0 Å². The van der Waals surface area contributed by atoms with Crippen LogP contribution in [0.4, 0.5) is 5.69 Å². The van der Waals surface area contributed by atoms with Crippen LogP contribution in [0, 0.1) is 5.41 Å². The van der Waals surface area contributed by atoms with Gasteiger partial charge in [0.25, 0.3) is 0 Å². The number of benzene rings is 1. The van der Waals surface area contributed by atoms with Crippen molar-refractivity contribution in [2.24, 2.45) is 10.4 Å². The lowest BCUT2D eigenvalue weighted by molar-refractivity contribution is -0.117. The zero-order chi connectivity index (χ0) is 19.8. The number of fused-ring (bicyclic) bond motifs is 1. The van der Waals surface area contributed by atoms with Crippen molar-refractivity contribution in [2.45, 2.75) is 45.4 Å². The summed E-state index contributed by atoms with van der Waals surface area (Å²) in [5.74, 6) is 0.784. The Morgan fingerprint density at radius 2 is 2.03 bits per heavy atom.